The molecule has 2 rings (SSSR count). The van der Waals surface area contributed by atoms with Crippen LogP contribution in [0.3, 0.4) is 0 Å². The molecule has 2 aromatic rings. The van der Waals surface area contributed by atoms with E-state index in [2.05, 4.69) is 15.9 Å². The highest BCUT2D eigenvalue weighted by Gasteiger charge is 2.14. The Kier molecular flexibility index (Phi) is 4.08. The molecule has 18 heavy (non-hydrogen) atoms. The Morgan fingerprint density at radius 3 is 2.39 bits per heavy atom. The molecule has 0 bridgehead atoms. The summed E-state index contributed by atoms with van der Waals surface area (Å²) in [6, 6.07) is 11.0. The minimum Gasteiger partial charge on any atom is -0.207 e. The summed E-state index contributed by atoms with van der Waals surface area (Å²) in [6.07, 6.45) is 0. The lowest BCUT2D eigenvalue weighted by molar-refractivity contribution is 0.617. The number of hydrogen-bond acceptors (Lipinski definition) is 0. The lowest BCUT2D eigenvalue weighted by Gasteiger charge is -2.14. The van der Waals surface area contributed by atoms with Gasteiger partial charge in [0.15, 0.2) is 0 Å². The number of rotatable bonds is 2. The summed E-state index contributed by atoms with van der Waals surface area (Å²) in [7, 11) is 0. The third-order valence-corrected chi connectivity index (χ3v) is 4.24. The minimum absolute atomic E-state index is 0.0501. The number of aryl methyl sites for hydroxylation is 2. The van der Waals surface area contributed by atoms with E-state index in [0.717, 1.165) is 21.7 Å². The van der Waals surface area contributed by atoms with Crippen molar-refractivity contribution in [1.82, 2.24) is 0 Å². The first kappa shape index (κ1) is 13.6. The van der Waals surface area contributed by atoms with Crippen molar-refractivity contribution < 1.29 is 4.39 Å². The van der Waals surface area contributed by atoms with Crippen LogP contribution < -0.4 is 0 Å². The van der Waals surface area contributed by atoms with Crippen LogP contribution in [0.4, 0.5) is 4.39 Å². The molecule has 0 radical (unpaired) electrons. The van der Waals surface area contributed by atoms with Crippen LogP contribution in [-0.2, 0) is 0 Å². The molecule has 0 heterocycles. The highest BCUT2D eigenvalue weighted by Crippen LogP contribution is 2.34. The molecule has 0 aliphatic heterocycles. The minimum atomic E-state index is -0.175. The molecule has 1 atom stereocenters. The van der Waals surface area contributed by atoms with Gasteiger partial charge in [-0.1, -0.05) is 45.7 Å². The van der Waals surface area contributed by atoms with Crippen LogP contribution in [0.25, 0.3) is 0 Å². The Morgan fingerprint density at radius 2 is 1.78 bits per heavy atom. The fourth-order valence-corrected chi connectivity index (χ4v) is 2.95. The fourth-order valence-electron chi connectivity index (χ4n) is 1.93. The Hall–Kier alpha value is -0.860. The topological polar surface area (TPSA) is 0 Å². The summed E-state index contributed by atoms with van der Waals surface area (Å²) < 4.78 is 13.3. The summed E-state index contributed by atoms with van der Waals surface area (Å²) in [4.78, 5) is 0.0501. The third kappa shape index (κ3) is 2.76. The van der Waals surface area contributed by atoms with Gasteiger partial charge in [0.1, 0.15) is 5.82 Å². The van der Waals surface area contributed by atoms with Crippen molar-refractivity contribution in [3.63, 3.8) is 0 Å². The Labute approximate surface area is 120 Å². The second-order valence-electron chi connectivity index (χ2n) is 4.37. The third-order valence-electron chi connectivity index (χ3n) is 2.98. The molecule has 1 unspecified atom stereocenters. The maximum atomic E-state index is 13.3. The fraction of sp³-hybridized carbons (Fsp3) is 0.200. The van der Waals surface area contributed by atoms with Crippen molar-refractivity contribution in [3.8, 4) is 0 Å². The van der Waals surface area contributed by atoms with Gasteiger partial charge in [0.05, 0.1) is 4.83 Å². The van der Waals surface area contributed by atoms with Crippen molar-refractivity contribution in [2.45, 2.75) is 18.7 Å². The second-order valence-corrected chi connectivity index (χ2v) is 5.72. The molecule has 0 saturated carbocycles. The zero-order chi connectivity index (χ0) is 13.3. The molecule has 94 valence electrons. The molecule has 0 nitrogen and oxygen atoms in total. The van der Waals surface area contributed by atoms with E-state index < -0.39 is 0 Å². The van der Waals surface area contributed by atoms with Crippen LogP contribution in [0.1, 0.15) is 27.1 Å². The van der Waals surface area contributed by atoms with Gasteiger partial charge in [0.25, 0.3) is 0 Å². The monoisotopic (exact) mass is 326 g/mol. The standard InChI is InChI=1S/C15H13BrClF/c1-9-8-12(17)4-5-13(9)15(16)11-3-6-14(18)10(2)7-11/h3-8,15H,1-2H3. The molecule has 0 amide bonds. The van der Waals surface area contributed by atoms with Crippen LogP contribution in [-0.4, -0.2) is 0 Å². The van der Waals surface area contributed by atoms with Gasteiger partial charge in [-0.05, 0) is 54.3 Å². The van der Waals surface area contributed by atoms with Crippen molar-refractivity contribution in [3.05, 3.63) is 69.5 Å². The summed E-state index contributed by atoms with van der Waals surface area (Å²) in [5.74, 6) is -0.175. The SMILES string of the molecule is Cc1cc(C(Br)c2ccc(Cl)cc2C)ccc1F. The van der Waals surface area contributed by atoms with Crippen molar-refractivity contribution in [1.29, 1.82) is 0 Å². The van der Waals surface area contributed by atoms with E-state index >= 15 is 0 Å². The Morgan fingerprint density at radius 1 is 1.06 bits per heavy atom. The van der Waals surface area contributed by atoms with Crippen molar-refractivity contribution >= 4 is 27.5 Å². The van der Waals surface area contributed by atoms with E-state index in [9.17, 15) is 4.39 Å². The van der Waals surface area contributed by atoms with Gasteiger partial charge in [-0.15, -0.1) is 0 Å². The van der Waals surface area contributed by atoms with Gasteiger partial charge >= 0.3 is 0 Å². The van der Waals surface area contributed by atoms with Crippen LogP contribution in [0.15, 0.2) is 36.4 Å². The molecule has 0 aromatic heterocycles. The maximum absolute atomic E-state index is 13.3. The summed E-state index contributed by atoms with van der Waals surface area (Å²) >= 11 is 9.61. The Balaban J connectivity index is 2.41. The van der Waals surface area contributed by atoms with Gasteiger partial charge < -0.3 is 0 Å². The van der Waals surface area contributed by atoms with Gasteiger partial charge in [0.2, 0.25) is 0 Å². The molecule has 2 aromatic carbocycles. The molecule has 0 saturated heterocycles. The molecule has 0 spiro atoms. The number of hydrogen-bond donors (Lipinski definition) is 0. The molecule has 0 aliphatic carbocycles. The van der Waals surface area contributed by atoms with E-state index in [0.29, 0.717) is 5.56 Å². The van der Waals surface area contributed by atoms with Crippen molar-refractivity contribution in [2.75, 3.05) is 0 Å². The molecular weight excluding hydrogens is 315 g/mol. The van der Waals surface area contributed by atoms with Crippen molar-refractivity contribution in [2.24, 2.45) is 0 Å². The average molecular weight is 328 g/mol. The molecule has 0 fully saturated rings. The Bertz CT molecular complexity index is 581. The van der Waals surface area contributed by atoms with E-state index in [1.54, 1.807) is 13.0 Å². The molecular formula is C15H13BrClF. The summed E-state index contributed by atoms with van der Waals surface area (Å²) in [5.41, 5.74) is 3.96. The van der Waals surface area contributed by atoms with E-state index in [1.165, 1.54) is 6.07 Å². The lowest BCUT2D eigenvalue weighted by atomic mass is 9.99. The number of alkyl halides is 1. The summed E-state index contributed by atoms with van der Waals surface area (Å²) in [6.45, 7) is 3.79. The zero-order valence-corrected chi connectivity index (χ0v) is 12.5. The first-order valence-electron chi connectivity index (χ1n) is 5.65. The second kappa shape index (κ2) is 5.41. The van der Waals surface area contributed by atoms with Crippen LogP contribution in [0, 0.1) is 19.7 Å². The van der Waals surface area contributed by atoms with Crippen LogP contribution in [0.5, 0.6) is 0 Å². The first-order chi connectivity index (χ1) is 8.49. The maximum Gasteiger partial charge on any atom is 0.126 e. The summed E-state index contributed by atoms with van der Waals surface area (Å²) in [5, 5.41) is 0.728. The van der Waals surface area contributed by atoms with E-state index in [-0.39, 0.29) is 10.6 Å². The van der Waals surface area contributed by atoms with Gasteiger partial charge in [-0.2, -0.15) is 0 Å². The number of benzene rings is 2. The predicted octanol–water partition coefficient (Wildman–Crippen LogP) is 5.58. The normalized spacial score (nSPS) is 12.5. The first-order valence-corrected chi connectivity index (χ1v) is 6.94. The van der Waals surface area contributed by atoms with Crippen LogP contribution >= 0.6 is 27.5 Å². The lowest BCUT2D eigenvalue weighted by Crippen LogP contribution is -1.97. The molecule has 0 aliphatic rings. The molecule has 3 heteroatoms. The highest BCUT2D eigenvalue weighted by molar-refractivity contribution is 9.09. The van der Waals surface area contributed by atoms with Gasteiger partial charge in [-0.3, -0.25) is 0 Å². The average Bonchev–Trinajstić information content (AvgIpc) is 2.32. The smallest absolute Gasteiger partial charge is 0.126 e. The zero-order valence-electron chi connectivity index (χ0n) is 10.2. The highest BCUT2D eigenvalue weighted by atomic mass is 79.9. The quantitative estimate of drug-likeness (QED) is 0.632. The molecule has 0 N–H and O–H groups in total. The number of halogens is 3. The van der Waals surface area contributed by atoms with E-state index in [1.807, 2.05) is 31.2 Å². The van der Waals surface area contributed by atoms with Gasteiger partial charge in [-0.25, -0.2) is 4.39 Å². The van der Waals surface area contributed by atoms with E-state index in [4.69, 9.17) is 11.6 Å². The largest absolute Gasteiger partial charge is 0.207 e. The van der Waals surface area contributed by atoms with Gasteiger partial charge in [0, 0.05) is 5.02 Å². The van der Waals surface area contributed by atoms with Crippen LogP contribution in [0.2, 0.25) is 5.02 Å². The predicted molar refractivity (Wildman–Crippen MR) is 78.1 cm³/mol.